The third-order valence-electron chi connectivity index (χ3n) is 3.86. The summed E-state index contributed by atoms with van der Waals surface area (Å²) in [7, 11) is 1.73. The third-order valence-corrected chi connectivity index (χ3v) is 3.86. The molecule has 0 N–H and O–H groups in total. The second-order valence-electron chi connectivity index (χ2n) is 5.35. The zero-order chi connectivity index (χ0) is 13.8. The molecule has 0 unspecified atom stereocenters. The molecule has 19 heavy (non-hydrogen) atoms. The van der Waals surface area contributed by atoms with Crippen LogP contribution in [-0.2, 0) is 14.3 Å². The lowest BCUT2D eigenvalue weighted by Crippen LogP contribution is -2.51. The van der Waals surface area contributed by atoms with Crippen molar-refractivity contribution in [2.75, 3.05) is 46.5 Å². The molecule has 2 aliphatic heterocycles. The van der Waals surface area contributed by atoms with Crippen LogP contribution >= 0.6 is 0 Å². The van der Waals surface area contributed by atoms with Crippen molar-refractivity contribution >= 4 is 5.91 Å². The summed E-state index contributed by atoms with van der Waals surface area (Å²) in [5, 5.41) is 0. The first-order chi connectivity index (χ1) is 9.13. The molecule has 0 bridgehead atoms. The van der Waals surface area contributed by atoms with Crippen LogP contribution in [0.15, 0.2) is 12.2 Å². The van der Waals surface area contributed by atoms with Crippen molar-refractivity contribution in [2.45, 2.75) is 25.5 Å². The summed E-state index contributed by atoms with van der Waals surface area (Å²) in [6, 6.07) is 0.328. The van der Waals surface area contributed by atoms with Gasteiger partial charge in [0, 0.05) is 45.5 Å². The van der Waals surface area contributed by atoms with Crippen molar-refractivity contribution in [2.24, 2.45) is 0 Å². The lowest BCUT2D eigenvalue weighted by atomic mass is 10.1. The normalized spacial score (nSPS) is 27.4. The average Bonchev–Trinajstić information content (AvgIpc) is 2.82. The molecule has 0 saturated carbocycles. The lowest BCUT2D eigenvalue weighted by molar-refractivity contribution is -0.126. The van der Waals surface area contributed by atoms with E-state index < -0.39 is 0 Å². The van der Waals surface area contributed by atoms with E-state index in [4.69, 9.17) is 9.47 Å². The van der Waals surface area contributed by atoms with E-state index in [2.05, 4.69) is 11.5 Å². The summed E-state index contributed by atoms with van der Waals surface area (Å²) in [6.07, 6.45) is 1.17. The molecule has 2 rings (SSSR count). The van der Waals surface area contributed by atoms with Gasteiger partial charge in [-0.15, -0.1) is 0 Å². The predicted molar refractivity (Wildman–Crippen MR) is 73.0 cm³/mol. The summed E-state index contributed by atoms with van der Waals surface area (Å²) in [5.74, 6) is 0.0508. The fourth-order valence-electron chi connectivity index (χ4n) is 2.88. The molecule has 0 aromatic heterocycles. The molecule has 5 heteroatoms. The highest BCUT2D eigenvalue weighted by molar-refractivity contribution is 5.92. The Labute approximate surface area is 115 Å². The highest BCUT2D eigenvalue weighted by atomic mass is 16.5. The Morgan fingerprint density at radius 1 is 1.47 bits per heavy atom. The minimum Gasteiger partial charge on any atom is -0.385 e. The van der Waals surface area contributed by atoms with Gasteiger partial charge in [0.25, 0.3) is 0 Å². The first-order valence-corrected chi connectivity index (χ1v) is 6.93. The van der Waals surface area contributed by atoms with Crippen molar-refractivity contribution in [3.8, 4) is 0 Å². The van der Waals surface area contributed by atoms with E-state index in [0.29, 0.717) is 18.2 Å². The average molecular weight is 268 g/mol. The van der Waals surface area contributed by atoms with Gasteiger partial charge >= 0.3 is 0 Å². The smallest absolute Gasteiger partial charge is 0.249 e. The fourth-order valence-corrected chi connectivity index (χ4v) is 2.88. The minimum absolute atomic E-state index is 0.0508. The molecule has 0 aromatic carbocycles. The van der Waals surface area contributed by atoms with Gasteiger partial charge < -0.3 is 14.4 Å². The largest absolute Gasteiger partial charge is 0.385 e. The van der Waals surface area contributed by atoms with E-state index in [1.807, 2.05) is 4.90 Å². The topological polar surface area (TPSA) is 42.0 Å². The lowest BCUT2D eigenvalue weighted by Gasteiger charge is -2.36. The van der Waals surface area contributed by atoms with Crippen LogP contribution in [0.2, 0.25) is 0 Å². The van der Waals surface area contributed by atoms with Crippen molar-refractivity contribution in [3.05, 3.63) is 12.2 Å². The predicted octanol–water partition coefficient (Wildman–Crippen LogP) is 0.511. The standard InChI is InChI=1S/C14H24N2O3/c1-11(2)14(17)16-9-12-13(10-16)19-8-6-15(12)5-4-7-18-3/h12-13H,1,4-10H2,2-3H3/t12-,13-/m0/s1. The van der Waals surface area contributed by atoms with E-state index >= 15 is 0 Å². The van der Waals surface area contributed by atoms with Crippen LogP contribution in [0.1, 0.15) is 13.3 Å². The maximum absolute atomic E-state index is 12.0. The van der Waals surface area contributed by atoms with Crippen molar-refractivity contribution in [3.63, 3.8) is 0 Å². The van der Waals surface area contributed by atoms with Gasteiger partial charge in [-0.1, -0.05) is 6.58 Å². The van der Waals surface area contributed by atoms with Gasteiger partial charge in [0.05, 0.1) is 18.8 Å². The molecule has 108 valence electrons. The summed E-state index contributed by atoms with van der Waals surface area (Å²) < 4.78 is 10.9. The van der Waals surface area contributed by atoms with Crippen LogP contribution in [-0.4, -0.2) is 74.4 Å². The van der Waals surface area contributed by atoms with Gasteiger partial charge in [0.15, 0.2) is 0 Å². The number of methoxy groups -OCH3 is 1. The molecule has 2 heterocycles. The van der Waals surface area contributed by atoms with Gasteiger partial charge in [-0.3, -0.25) is 9.69 Å². The number of rotatable bonds is 5. The zero-order valence-corrected chi connectivity index (χ0v) is 11.9. The highest BCUT2D eigenvalue weighted by Crippen LogP contribution is 2.24. The second-order valence-corrected chi connectivity index (χ2v) is 5.35. The number of ether oxygens (including phenoxy) is 2. The Hall–Kier alpha value is -0.910. The molecule has 0 aromatic rings. The molecule has 0 aliphatic carbocycles. The molecule has 2 atom stereocenters. The summed E-state index contributed by atoms with van der Waals surface area (Å²) >= 11 is 0. The number of amides is 1. The van der Waals surface area contributed by atoms with E-state index in [-0.39, 0.29) is 12.0 Å². The Morgan fingerprint density at radius 2 is 2.26 bits per heavy atom. The van der Waals surface area contributed by atoms with Crippen LogP contribution in [0, 0.1) is 0 Å². The summed E-state index contributed by atoms with van der Waals surface area (Å²) in [5.41, 5.74) is 0.601. The van der Waals surface area contributed by atoms with Crippen LogP contribution in [0.3, 0.4) is 0 Å². The van der Waals surface area contributed by atoms with Crippen LogP contribution in [0.4, 0.5) is 0 Å². The molecule has 2 saturated heterocycles. The first-order valence-electron chi connectivity index (χ1n) is 6.93. The fraction of sp³-hybridized carbons (Fsp3) is 0.786. The SMILES string of the molecule is C=C(C)C(=O)N1C[C@@H]2OCCN(CCCOC)[C@H]2C1. The Morgan fingerprint density at radius 3 is 2.95 bits per heavy atom. The first kappa shape index (κ1) is 14.5. The van der Waals surface area contributed by atoms with Crippen LogP contribution in [0.25, 0.3) is 0 Å². The second kappa shape index (κ2) is 6.50. The maximum atomic E-state index is 12.0. The molecular formula is C14H24N2O3. The Balaban J connectivity index is 1.92. The number of morpholine rings is 1. The molecule has 5 nitrogen and oxygen atoms in total. The van der Waals surface area contributed by atoms with E-state index in [1.165, 1.54) is 0 Å². The van der Waals surface area contributed by atoms with E-state index in [1.54, 1.807) is 14.0 Å². The minimum atomic E-state index is 0.0508. The number of carbonyl (C=O) groups is 1. The van der Waals surface area contributed by atoms with E-state index in [9.17, 15) is 4.79 Å². The molecule has 2 fully saturated rings. The Bertz CT molecular complexity index is 346. The van der Waals surface area contributed by atoms with Crippen molar-refractivity contribution < 1.29 is 14.3 Å². The molecular weight excluding hydrogens is 244 g/mol. The highest BCUT2D eigenvalue weighted by Gasteiger charge is 2.41. The number of carbonyl (C=O) groups excluding carboxylic acids is 1. The van der Waals surface area contributed by atoms with Gasteiger partial charge in [-0.25, -0.2) is 0 Å². The Kier molecular flexibility index (Phi) is 4.96. The zero-order valence-electron chi connectivity index (χ0n) is 11.9. The quantitative estimate of drug-likeness (QED) is 0.538. The summed E-state index contributed by atoms with van der Waals surface area (Å²) in [6.45, 7) is 10.4. The number of fused-ring (bicyclic) bond motifs is 1. The van der Waals surface area contributed by atoms with Gasteiger partial charge in [-0.2, -0.15) is 0 Å². The maximum Gasteiger partial charge on any atom is 0.249 e. The van der Waals surface area contributed by atoms with Crippen LogP contribution < -0.4 is 0 Å². The number of nitrogens with zero attached hydrogens (tertiary/aromatic N) is 2. The number of hydrogen-bond acceptors (Lipinski definition) is 4. The van der Waals surface area contributed by atoms with Crippen molar-refractivity contribution in [1.29, 1.82) is 0 Å². The molecule has 2 aliphatic rings. The summed E-state index contributed by atoms with van der Waals surface area (Å²) in [4.78, 5) is 16.3. The molecule has 1 amide bonds. The molecule has 0 spiro atoms. The third kappa shape index (κ3) is 3.35. The van der Waals surface area contributed by atoms with Gasteiger partial charge in [0.1, 0.15) is 0 Å². The monoisotopic (exact) mass is 268 g/mol. The number of likely N-dealkylation sites (tertiary alicyclic amines) is 1. The molecule has 0 radical (unpaired) electrons. The van der Waals surface area contributed by atoms with Crippen LogP contribution in [0.5, 0.6) is 0 Å². The van der Waals surface area contributed by atoms with Crippen molar-refractivity contribution in [1.82, 2.24) is 9.80 Å². The van der Waals surface area contributed by atoms with Gasteiger partial charge in [0.2, 0.25) is 5.91 Å². The van der Waals surface area contributed by atoms with E-state index in [0.717, 1.165) is 39.3 Å². The van der Waals surface area contributed by atoms with Gasteiger partial charge in [-0.05, 0) is 13.3 Å². The number of hydrogen-bond donors (Lipinski definition) is 0.